The molecule has 106 valence electrons. The van der Waals surface area contributed by atoms with Crippen molar-refractivity contribution < 1.29 is 4.74 Å². The lowest BCUT2D eigenvalue weighted by Gasteiger charge is -2.22. The predicted octanol–water partition coefficient (Wildman–Crippen LogP) is 4.13. The Morgan fingerprint density at radius 2 is 1.80 bits per heavy atom. The minimum Gasteiger partial charge on any atom is -0.491 e. The van der Waals surface area contributed by atoms with Gasteiger partial charge >= 0.3 is 0 Å². The first-order valence-electron chi connectivity index (χ1n) is 6.83. The van der Waals surface area contributed by atoms with Crippen molar-refractivity contribution in [3.8, 4) is 5.75 Å². The van der Waals surface area contributed by atoms with Crippen molar-refractivity contribution in [2.45, 2.75) is 26.9 Å². The van der Waals surface area contributed by atoms with Gasteiger partial charge in [-0.1, -0.05) is 12.1 Å². The number of hydrogen-bond acceptors (Lipinski definition) is 3. The molecule has 0 heterocycles. The fourth-order valence-electron chi connectivity index (χ4n) is 2.13. The zero-order chi connectivity index (χ0) is 14.7. The monoisotopic (exact) mass is 270 g/mol. The van der Waals surface area contributed by atoms with Gasteiger partial charge in [-0.25, -0.2) is 0 Å². The second-order valence-electron chi connectivity index (χ2n) is 5.32. The molecule has 0 saturated carbocycles. The Kier molecular flexibility index (Phi) is 4.18. The zero-order valence-corrected chi connectivity index (χ0v) is 12.6. The molecule has 0 amide bonds. The summed E-state index contributed by atoms with van der Waals surface area (Å²) in [6.07, 6.45) is 0.133. The molecule has 0 aliphatic carbocycles. The molecule has 3 nitrogen and oxygen atoms in total. The normalized spacial score (nSPS) is 10.7. The number of anilines is 3. The summed E-state index contributed by atoms with van der Waals surface area (Å²) >= 11 is 0. The van der Waals surface area contributed by atoms with Gasteiger partial charge in [0.1, 0.15) is 5.75 Å². The van der Waals surface area contributed by atoms with Crippen LogP contribution in [0.25, 0.3) is 0 Å². The summed E-state index contributed by atoms with van der Waals surface area (Å²) in [6.45, 7) is 6.10. The minimum absolute atomic E-state index is 0.133. The summed E-state index contributed by atoms with van der Waals surface area (Å²) in [7, 11) is 2.03. The standard InChI is InChI=1S/C17H22N2O/c1-12(2)20-17-10-14(18)9-16(11-17)19(4)15-7-5-6-13(3)8-15/h5-12H,18H2,1-4H3. The van der Waals surface area contributed by atoms with Crippen LogP contribution in [0.2, 0.25) is 0 Å². The summed E-state index contributed by atoms with van der Waals surface area (Å²) in [4.78, 5) is 2.11. The number of nitrogens with zero attached hydrogens (tertiary/aromatic N) is 1. The molecule has 0 aromatic heterocycles. The Bertz CT molecular complexity index is 593. The highest BCUT2D eigenvalue weighted by molar-refractivity contribution is 5.68. The third kappa shape index (κ3) is 3.44. The number of ether oxygens (including phenoxy) is 1. The molecular weight excluding hydrogens is 248 g/mol. The van der Waals surface area contributed by atoms with Crippen LogP contribution in [-0.2, 0) is 0 Å². The van der Waals surface area contributed by atoms with E-state index in [0.717, 1.165) is 17.1 Å². The maximum Gasteiger partial charge on any atom is 0.123 e. The molecule has 0 atom stereocenters. The molecule has 0 saturated heterocycles. The summed E-state index contributed by atoms with van der Waals surface area (Å²) in [5.74, 6) is 0.800. The number of nitrogen functional groups attached to an aromatic ring is 1. The molecule has 2 aromatic rings. The molecule has 0 fully saturated rings. The van der Waals surface area contributed by atoms with Crippen molar-refractivity contribution >= 4 is 17.1 Å². The first-order chi connectivity index (χ1) is 9.45. The number of hydrogen-bond donors (Lipinski definition) is 1. The summed E-state index contributed by atoms with van der Waals surface area (Å²) in [5, 5.41) is 0. The topological polar surface area (TPSA) is 38.5 Å². The molecule has 2 N–H and O–H groups in total. The van der Waals surface area contributed by atoms with Crippen LogP contribution in [0.15, 0.2) is 42.5 Å². The van der Waals surface area contributed by atoms with Crippen LogP contribution in [-0.4, -0.2) is 13.2 Å². The average Bonchev–Trinajstić information content (AvgIpc) is 2.36. The molecule has 0 radical (unpaired) electrons. The van der Waals surface area contributed by atoms with Gasteiger partial charge in [-0.3, -0.25) is 0 Å². The Morgan fingerprint density at radius 1 is 1.05 bits per heavy atom. The van der Waals surface area contributed by atoms with Crippen molar-refractivity contribution in [3.05, 3.63) is 48.0 Å². The SMILES string of the molecule is Cc1cccc(N(C)c2cc(N)cc(OC(C)C)c2)c1. The van der Waals surface area contributed by atoms with Gasteiger partial charge in [-0.15, -0.1) is 0 Å². The van der Waals surface area contributed by atoms with Gasteiger partial charge in [0.15, 0.2) is 0 Å². The van der Waals surface area contributed by atoms with Gasteiger partial charge in [0.25, 0.3) is 0 Å². The molecule has 0 unspecified atom stereocenters. The van der Waals surface area contributed by atoms with Crippen LogP contribution in [0.3, 0.4) is 0 Å². The maximum atomic E-state index is 5.97. The van der Waals surface area contributed by atoms with Crippen molar-refractivity contribution in [1.82, 2.24) is 0 Å². The minimum atomic E-state index is 0.133. The van der Waals surface area contributed by atoms with E-state index in [9.17, 15) is 0 Å². The largest absolute Gasteiger partial charge is 0.491 e. The number of benzene rings is 2. The van der Waals surface area contributed by atoms with Crippen LogP contribution >= 0.6 is 0 Å². The van der Waals surface area contributed by atoms with Crippen molar-refractivity contribution in [2.24, 2.45) is 0 Å². The van der Waals surface area contributed by atoms with Gasteiger partial charge in [0, 0.05) is 36.2 Å². The van der Waals surface area contributed by atoms with E-state index in [1.54, 1.807) is 0 Å². The Morgan fingerprint density at radius 3 is 2.45 bits per heavy atom. The Balaban J connectivity index is 2.34. The smallest absolute Gasteiger partial charge is 0.123 e. The van der Waals surface area contributed by atoms with Crippen LogP contribution in [0.1, 0.15) is 19.4 Å². The lowest BCUT2D eigenvalue weighted by Crippen LogP contribution is -2.11. The number of nitrogens with two attached hydrogens (primary N) is 1. The van der Waals surface area contributed by atoms with Crippen molar-refractivity contribution in [2.75, 3.05) is 17.7 Å². The van der Waals surface area contributed by atoms with Gasteiger partial charge in [0.05, 0.1) is 6.10 Å². The van der Waals surface area contributed by atoms with Crippen LogP contribution in [0.5, 0.6) is 5.75 Å². The van der Waals surface area contributed by atoms with Crippen molar-refractivity contribution in [1.29, 1.82) is 0 Å². The lowest BCUT2D eigenvalue weighted by molar-refractivity contribution is 0.242. The Hall–Kier alpha value is -2.16. The number of rotatable bonds is 4. The third-order valence-electron chi connectivity index (χ3n) is 3.06. The average molecular weight is 270 g/mol. The van der Waals surface area contributed by atoms with Crippen LogP contribution in [0, 0.1) is 6.92 Å². The van der Waals surface area contributed by atoms with Gasteiger partial charge < -0.3 is 15.4 Å². The molecule has 3 heteroatoms. The summed E-state index contributed by atoms with van der Waals surface area (Å²) < 4.78 is 5.74. The molecule has 0 aliphatic heterocycles. The fraction of sp³-hybridized carbons (Fsp3) is 0.294. The van der Waals surface area contributed by atoms with E-state index in [0.29, 0.717) is 5.69 Å². The van der Waals surface area contributed by atoms with E-state index in [2.05, 4.69) is 36.1 Å². The molecule has 2 rings (SSSR count). The van der Waals surface area contributed by atoms with Crippen molar-refractivity contribution in [3.63, 3.8) is 0 Å². The van der Waals surface area contributed by atoms with Gasteiger partial charge in [-0.2, -0.15) is 0 Å². The number of aryl methyl sites for hydroxylation is 1. The summed E-state index contributed by atoms with van der Waals surface area (Å²) in [6, 6.07) is 14.2. The van der Waals surface area contributed by atoms with Gasteiger partial charge in [-0.05, 0) is 44.5 Å². The molecule has 20 heavy (non-hydrogen) atoms. The highest BCUT2D eigenvalue weighted by Gasteiger charge is 2.08. The first kappa shape index (κ1) is 14.3. The van der Waals surface area contributed by atoms with E-state index in [1.165, 1.54) is 5.56 Å². The predicted molar refractivity (Wildman–Crippen MR) is 85.9 cm³/mol. The second kappa shape index (κ2) is 5.87. The maximum absolute atomic E-state index is 5.97. The van der Waals surface area contributed by atoms with E-state index >= 15 is 0 Å². The van der Waals surface area contributed by atoms with E-state index in [4.69, 9.17) is 10.5 Å². The molecule has 0 spiro atoms. The second-order valence-corrected chi connectivity index (χ2v) is 5.32. The van der Waals surface area contributed by atoms with E-state index in [1.807, 2.05) is 39.1 Å². The van der Waals surface area contributed by atoms with Gasteiger partial charge in [0.2, 0.25) is 0 Å². The zero-order valence-electron chi connectivity index (χ0n) is 12.6. The highest BCUT2D eigenvalue weighted by atomic mass is 16.5. The highest BCUT2D eigenvalue weighted by Crippen LogP contribution is 2.30. The Labute approximate surface area is 121 Å². The lowest BCUT2D eigenvalue weighted by atomic mass is 10.2. The third-order valence-corrected chi connectivity index (χ3v) is 3.06. The van der Waals surface area contributed by atoms with Crippen LogP contribution in [0.4, 0.5) is 17.1 Å². The summed E-state index contributed by atoms with van der Waals surface area (Å²) in [5.41, 5.74) is 10.1. The van der Waals surface area contributed by atoms with E-state index in [-0.39, 0.29) is 6.10 Å². The molecule has 0 bridgehead atoms. The fourth-order valence-corrected chi connectivity index (χ4v) is 2.13. The molecular formula is C17H22N2O. The molecule has 2 aromatic carbocycles. The quantitative estimate of drug-likeness (QED) is 0.849. The van der Waals surface area contributed by atoms with Crippen LogP contribution < -0.4 is 15.4 Å². The van der Waals surface area contributed by atoms with E-state index < -0.39 is 0 Å². The molecule has 0 aliphatic rings. The first-order valence-corrected chi connectivity index (χ1v) is 6.83.